The number of aryl methyl sites for hydroxylation is 1. The number of hydrogen-bond acceptors (Lipinski definition) is 4. The monoisotopic (exact) mass is 293 g/mol. The van der Waals surface area contributed by atoms with E-state index in [1.165, 1.54) is 19.3 Å². The molecule has 0 aromatic carbocycles. The zero-order valence-electron chi connectivity index (χ0n) is 13.4. The highest BCUT2D eigenvalue weighted by atomic mass is 16.5. The van der Waals surface area contributed by atoms with Gasteiger partial charge in [0.1, 0.15) is 5.69 Å². The van der Waals surface area contributed by atoms with Crippen molar-refractivity contribution >= 4 is 5.78 Å². The second-order valence-electron chi connectivity index (χ2n) is 5.98. The fraction of sp³-hybridized carbons (Fsp3) is 0.750. The number of aromatic nitrogens is 2. The molecule has 0 atom stereocenters. The number of methoxy groups -OCH3 is 1. The number of carbonyl (C=O) groups excluding carboxylic acids is 1. The molecule has 1 aromatic rings. The van der Waals surface area contributed by atoms with Crippen LogP contribution in [-0.4, -0.2) is 35.3 Å². The van der Waals surface area contributed by atoms with E-state index in [0.717, 1.165) is 25.8 Å². The van der Waals surface area contributed by atoms with Crippen molar-refractivity contribution in [3.63, 3.8) is 0 Å². The third kappa shape index (κ3) is 3.46. The number of nitrogens with one attached hydrogen (secondary N) is 1. The standard InChI is InChI=1S/C16H27N3O2/c1-4-10-19-15(14(21-3)12-18-19)13(20)11-16(17-2)8-6-5-7-9-16/h12,17H,4-11H2,1-3H3. The fourth-order valence-electron chi connectivity index (χ4n) is 3.32. The van der Waals surface area contributed by atoms with E-state index in [1.807, 2.05) is 7.05 Å². The molecule has 5 heteroatoms. The van der Waals surface area contributed by atoms with E-state index in [1.54, 1.807) is 18.0 Å². The Morgan fingerprint density at radius 3 is 2.71 bits per heavy atom. The zero-order valence-corrected chi connectivity index (χ0v) is 13.4. The number of carbonyl (C=O) groups is 1. The van der Waals surface area contributed by atoms with E-state index in [0.29, 0.717) is 17.9 Å². The van der Waals surface area contributed by atoms with Crippen LogP contribution in [0.25, 0.3) is 0 Å². The molecule has 1 aromatic heterocycles. The molecule has 0 unspecified atom stereocenters. The highest BCUT2D eigenvalue weighted by molar-refractivity contribution is 5.97. The maximum atomic E-state index is 12.8. The van der Waals surface area contributed by atoms with Crippen molar-refractivity contribution in [2.45, 2.75) is 64.0 Å². The first-order chi connectivity index (χ1) is 10.2. The van der Waals surface area contributed by atoms with Crippen LogP contribution in [0.5, 0.6) is 5.75 Å². The van der Waals surface area contributed by atoms with Gasteiger partial charge in [-0.05, 0) is 26.3 Å². The summed E-state index contributed by atoms with van der Waals surface area (Å²) in [7, 11) is 3.57. The van der Waals surface area contributed by atoms with Crippen molar-refractivity contribution in [2.24, 2.45) is 0 Å². The van der Waals surface area contributed by atoms with Crippen molar-refractivity contribution < 1.29 is 9.53 Å². The van der Waals surface area contributed by atoms with Crippen LogP contribution in [0.4, 0.5) is 0 Å². The molecule has 2 rings (SSSR count). The second-order valence-corrected chi connectivity index (χ2v) is 5.98. The molecule has 0 spiro atoms. The lowest BCUT2D eigenvalue weighted by molar-refractivity contribution is 0.0900. The number of nitrogens with zero attached hydrogens (tertiary/aromatic N) is 2. The van der Waals surface area contributed by atoms with Crippen molar-refractivity contribution in [3.05, 3.63) is 11.9 Å². The summed E-state index contributed by atoms with van der Waals surface area (Å²) in [5, 5.41) is 7.70. The molecule has 21 heavy (non-hydrogen) atoms. The summed E-state index contributed by atoms with van der Waals surface area (Å²) in [5.74, 6) is 0.726. The quantitative estimate of drug-likeness (QED) is 0.785. The SMILES string of the molecule is CCCn1ncc(OC)c1C(=O)CC1(NC)CCCCC1. The summed E-state index contributed by atoms with van der Waals surface area (Å²) in [4.78, 5) is 12.8. The van der Waals surface area contributed by atoms with E-state index >= 15 is 0 Å². The highest BCUT2D eigenvalue weighted by Crippen LogP contribution is 2.33. The Bertz CT molecular complexity index is 476. The second kappa shape index (κ2) is 7.07. The molecule has 118 valence electrons. The van der Waals surface area contributed by atoms with Crippen LogP contribution in [0.1, 0.15) is 62.4 Å². The fourth-order valence-corrected chi connectivity index (χ4v) is 3.32. The summed E-state index contributed by atoms with van der Waals surface area (Å²) in [5.41, 5.74) is 0.571. The van der Waals surface area contributed by atoms with Crippen molar-refractivity contribution in [2.75, 3.05) is 14.2 Å². The van der Waals surface area contributed by atoms with E-state index in [2.05, 4.69) is 17.3 Å². The normalized spacial score (nSPS) is 17.7. The molecular formula is C16H27N3O2. The third-order valence-electron chi connectivity index (χ3n) is 4.57. The third-order valence-corrected chi connectivity index (χ3v) is 4.57. The highest BCUT2D eigenvalue weighted by Gasteiger charge is 2.34. The van der Waals surface area contributed by atoms with Gasteiger partial charge in [0.15, 0.2) is 11.5 Å². The Hall–Kier alpha value is -1.36. The minimum atomic E-state index is -0.0539. The summed E-state index contributed by atoms with van der Waals surface area (Å²) in [6.07, 6.45) is 8.92. The van der Waals surface area contributed by atoms with Crippen LogP contribution in [0, 0.1) is 0 Å². The van der Waals surface area contributed by atoms with E-state index in [4.69, 9.17) is 4.74 Å². The number of Topliss-reactive ketones (excluding diaryl/α,β-unsaturated/α-hetero) is 1. The number of hydrogen-bond donors (Lipinski definition) is 1. The van der Waals surface area contributed by atoms with Gasteiger partial charge in [-0.3, -0.25) is 9.48 Å². The summed E-state index contributed by atoms with van der Waals surface area (Å²) in [6.45, 7) is 2.83. The Morgan fingerprint density at radius 1 is 1.43 bits per heavy atom. The van der Waals surface area contributed by atoms with Gasteiger partial charge in [0, 0.05) is 18.5 Å². The first kappa shape index (κ1) is 16.0. The van der Waals surface area contributed by atoms with Crippen molar-refractivity contribution in [3.8, 4) is 5.75 Å². The predicted molar refractivity (Wildman–Crippen MR) is 82.9 cm³/mol. The molecule has 1 N–H and O–H groups in total. The predicted octanol–water partition coefficient (Wildman–Crippen LogP) is 2.80. The lowest BCUT2D eigenvalue weighted by Gasteiger charge is -2.36. The van der Waals surface area contributed by atoms with Gasteiger partial charge in [-0.2, -0.15) is 5.10 Å². The number of ketones is 1. The lowest BCUT2D eigenvalue weighted by Crippen LogP contribution is -2.46. The maximum Gasteiger partial charge on any atom is 0.186 e. The Morgan fingerprint density at radius 2 is 2.14 bits per heavy atom. The van der Waals surface area contributed by atoms with Crippen LogP contribution < -0.4 is 10.1 Å². The van der Waals surface area contributed by atoms with E-state index in [9.17, 15) is 4.79 Å². The molecule has 1 saturated carbocycles. The molecule has 1 aliphatic rings. The summed E-state index contributed by atoms with van der Waals surface area (Å²) >= 11 is 0. The molecule has 0 saturated heterocycles. The van der Waals surface area contributed by atoms with Gasteiger partial charge < -0.3 is 10.1 Å². The van der Waals surface area contributed by atoms with Gasteiger partial charge in [0.2, 0.25) is 0 Å². The van der Waals surface area contributed by atoms with Gasteiger partial charge in [0.05, 0.1) is 13.3 Å². The van der Waals surface area contributed by atoms with Gasteiger partial charge in [-0.25, -0.2) is 0 Å². The van der Waals surface area contributed by atoms with Crippen LogP contribution in [-0.2, 0) is 6.54 Å². The van der Waals surface area contributed by atoms with E-state index < -0.39 is 0 Å². The molecule has 1 heterocycles. The number of rotatable bonds is 7. The molecule has 0 aliphatic heterocycles. The first-order valence-corrected chi connectivity index (χ1v) is 7.97. The molecule has 5 nitrogen and oxygen atoms in total. The first-order valence-electron chi connectivity index (χ1n) is 7.97. The molecule has 1 fully saturated rings. The lowest BCUT2D eigenvalue weighted by atomic mass is 9.78. The largest absolute Gasteiger partial charge is 0.493 e. The van der Waals surface area contributed by atoms with Crippen LogP contribution >= 0.6 is 0 Å². The minimum Gasteiger partial charge on any atom is -0.493 e. The van der Waals surface area contributed by atoms with Gasteiger partial charge in [-0.1, -0.05) is 26.2 Å². The Balaban J connectivity index is 2.20. The Labute approximate surface area is 127 Å². The van der Waals surface area contributed by atoms with Gasteiger partial charge >= 0.3 is 0 Å². The van der Waals surface area contributed by atoms with Gasteiger partial charge in [-0.15, -0.1) is 0 Å². The topological polar surface area (TPSA) is 56.2 Å². The molecular weight excluding hydrogens is 266 g/mol. The average Bonchev–Trinajstić information content (AvgIpc) is 2.91. The van der Waals surface area contributed by atoms with Gasteiger partial charge in [0.25, 0.3) is 0 Å². The smallest absolute Gasteiger partial charge is 0.186 e. The molecule has 0 amide bonds. The van der Waals surface area contributed by atoms with Crippen molar-refractivity contribution in [1.82, 2.24) is 15.1 Å². The Kier molecular flexibility index (Phi) is 5.39. The van der Waals surface area contributed by atoms with Crippen LogP contribution in [0.2, 0.25) is 0 Å². The van der Waals surface area contributed by atoms with Crippen LogP contribution in [0.3, 0.4) is 0 Å². The zero-order chi connectivity index (χ0) is 15.3. The number of ether oxygens (including phenoxy) is 1. The molecule has 0 bridgehead atoms. The van der Waals surface area contributed by atoms with E-state index in [-0.39, 0.29) is 11.3 Å². The molecule has 0 radical (unpaired) electrons. The maximum absolute atomic E-state index is 12.8. The van der Waals surface area contributed by atoms with Crippen molar-refractivity contribution in [1.29, 1.82) is 0 Å². The average molecular weight is 293 g/mol. The minimum absolute atomic E-state index is 0.0539. The van der Waals surface area contributed by atoms with Crippen LogP contribution in [0.15, 0.2) is 6.20 Å². The molecule has 1 aliphatic carbocycles. The summed E-state index contributed by atoms with van der Waals surface area (Å²) in [6, 6.07) is 0. The summed E-state index contributed by atoms with van der Waals surface area (Å²) < 4.78 is 7.11.